The van der Waals surface area contributed by atoms with Crippen LogP contribution in [0, 0.1) is 13.8 Å². The molecular formula is C22H20N4O3S. The lowest BCUT2D eigenvalue weighted by Crippen LogP contribution is -2.25. The van der Waals surface area contributed by atoms with Gasteiger partial charge >= 0.3 is 0 Å². The van der Waals surface area contributed by atoms with E-state index in [0.29, 0.717) is 29.9 Å². The molecule has 0 saturated carbocycles. The predicted octanol–water partition coefficient (Wildman–Crippen LogP) is 4.13. The fourth-order valence-electron chi connectivity index (χ4n) is 3.21. The van der Waals surface area contributed by atoms with Gasteiger partial charge in [0.2, 0.25) is 0 Å². The first-order valence-electron chi connectivity index (χ1n) is 9.48. The molecule has 0 aliphatic heterocycles. The van der Waals surface area contributed by atoms with Gasteiger partial charge in [-0.3, -0.25) is 9.59 Å². The largest absolute Gasteiger partial charge is 0.361 e. The van der Waals surface area contributed by atoms with Crippen molar-refractivity contribution in [3.05, 3.63) is 76.8 Å². The molecule has 0 unspecified atom stereocenters. The second kappa shape index (κ2) is 8.46. The first-order valence-corrected chi connectivity index (χ1v) is 10.3. The SMILES string of the molecule is Cc1noc(C)c1CCNC(=O)c1ccc(NC(=O)c2nsc3ccccc23)cc1. The second-order valence-electron chi connectivity index (χ2n) is 6.87. The summed E-state index contributed by atoms with van der Waals surface area (Å²) in [5, 5.41) is 10.5. The van der Waals surface area contributed by atoms with E-state index in [1.165, 1.54) is 11.5 Å². The van der Waals surface area contributed by atoms with E-state index in [4.69, 9.17) is 4.52 Å². The Morgan fingerprint density at radius 3 is 2.53 bits per heavy atom. The maximum absolute atomic E-state index is 12.6. The number of anilines is 1. The van der Waals surface area contributed by atoms with E-state index in [9.17, 15) is 9.59 Å². The number of carbonyl (C=O) groups excluding carboxylic acids is 2. The van der Waals surface area contributed by atoms with Crippen molar-refractivity contribution in [2.75, 3.05) is 11.9 Å². The minimum atomic E-state index is -0.274. The van der Waals surface area contributed by atoms with Crippen molar-refractivity contribution in [3.8, 4) is 0 Å². The number of nitrogens with zero attached hydrogens (tertiary/aromatic N) is 2. The standard InChI is InChI=1S/C22H20N4O3S/c1-13-17(14(2)29-25-13)11-12-23-21(27)15-7-9-16(10-8-15)24-22(28)20-18-5-3-4-6-19(18)30-26-20/h3-10H,11-12H2,1-2H3,(H,23,27)(H,24,28). The Hall–Kier alpha value is -3.52. The summed E-state index contributed by atoms with van der Waals surface area (Å²) in [4.78, 5) is 24.9. The molecule has 0 bridgehead atoms. The van der Waals surface area contributed by atoms with Crippen LogP contribution < -0.4 is 10.6 Å². The van der Waals surface area contributed by atoms with E-state index >= 15 is 0 Å². The molecule has 7 nitrogen and oxygen atoms in total. The summed E-state index contributed by atoms with van der Waals surface area (Å²) < 4.78 is 10.4. The van der Waals surface area contributed by atoms with Crippen molar-refractivity contribution in [2.45, 2.75) is 20.3 Å². The number of fused-ring (bicyclic) bond motifs is 1. The molecule has 0 saturated heterocycles. The molecule has 4 aromatic rings. The average molecular weight is 420 g/mol. The van der Waals surface area contributed by atoms with Gasteiger partial charge in [0.05, 0.1) is 10.4 Å². The highest BCUT2D eigenvalue weighted by Crippen LogP contribution is 2.23. The summed E-state index contributed by atoms with van der Waals surface area (Å²) >= 11 is 1.29. The minimum absolute atomic E-state index is 0.176. The van der Waals surface area contributed by atoms with Crippen LogP contribution >= 0.6 is 11.5 Å². The molecule has 2 N–H and O–H groups in total. The zero-order valence-corrected chi connectivity index (χ0v) is 17.4. The van der Waals surface area contributed by atoms with Crippen molar-refractivity contribution in [3.63, 3.8) is 0 Å². The molecule has 8 heteroatoms. The summed E-state index contributed by atoms with van der Waals surface area (Å²) in [6.45, 7) is 4.23. The topological polar surface area (TPSA) is 97.1 Å². The molecule has 0 atom stereocenters. The van der Waals surface area contributed by atoms with Gasteiger partial charge in [0.1, 0.15) is 11.5 Å². The van der Waals surface area contributed by atoms with Gasteiger partial charge in [-0.05, 0) is 62.1 Å². The Labute approximate surface area is 177 Å². The third-order valence-corrected chi connectivity index (χ3v) is 5.67. The Morgan fingerprint density at radius 1 is 1.03 bits per heavy atom. The van der Waals surface area contributed by atoms with Crippen LogP contribution in [0.4, 0.5) is 5.69 Å². The number of aromatic nitrogens is 2. The van der Waals surface area contributed by atoms with Gasteiger partial charge in [0, 0.05) is 28.7 Å². The van der Waals surface area contributed by atoms with Crippen LogP contribution in [0.3, 0.4) is 0 Å². The lowest BCUT2D eigenvalue weighted by Gasteiger charge is -2.07. The molecule has 30 heavy (non-hydrogen) atoms. The Balaban J connectivity index is 1.35. The zero-order chi connectivity index (χ0) is 21.1. The molecule has 2 amide bonds. The lowest BCUT2D eigenvalue weighted by atomic mass is 10.1. The number of hydrogen-bond donors (Lipinski definition) is 2. The Bertz CT molecular complexity index is 1190. The first-order chi connectivity index (χ1) is 14.5. The Kier molecular flexibility index (Phi) is 5.58. The summed E-state index contributed by atoms with van der Waals surface area (Å²) in [5.41, 5.74) is 3.38. The Morgan fingerprint density at radius 2 is 1.80 bits per heavy atom. The smallest absolute Gasteiger partial charge is 0.276 e. The predicted molar refractivity (Wildman–Crippen MR) is 116 cm³/mol. The van der Waals surface area contributed by atoms with Crippen LogP contribution in [0.1, 0.15) is 37.9 Å². The molecule has 152 valence electrons. The third-order valence-electron chi connectivity index (χ3n) is 4.84. The summed E-state index contributed by atoms with van der Waals surface area (Å²) in [7, 11) is 0. The quantitative estimate of drug-likeness (QED) is 0.489. The fourth-order valence-corrected chi connectivity index (χ4v) is 3.98. The fraction of sp³-hybridized carbons (Fsp3) is 0.182. The maximum Gasteiger partial charge on any atom is 0.276 e. The highest BCUT2D eigenvalue weighted by molar-refractivity contribution is 7.13. The third kappa shape index (κ3) is 4.08. The normalized spacial score (nSPS) is 10.9. The highest BCUT2D eigenvalue weighted by Gasteiger charge is 2.15. The van der Waals surface area contributed by atoms with Crippen molar-refractivity contribution < 1.29 is 14.1 Å². The van der Waals surface area contributed by atoms with Gasteiger partial charge in [-0.25, -0.2) is 0 Å². The van der Waals surface area contributed by atoms with Gasteiger partial charge in [-0.15, -0.1) is 0 Å². The number of amides is 2. The number of benzene rings is 2. The molecule has 2 aromatic carbocycles. The molecular weight excluding hydrogens is 400 g/mol. The summed E-state index contributed by atoms with van der Waals surface area (Å²) in [5.74, 6) is 0.323. The highest BCUT2D eigenvalue weighted by atomic mass is 32.1. The van der Waals surface area contributed by atoms with Gasteiger partial charge in [-0.1, -0.05) is 23.4 Å². The van der Waals surface area contributed by atoms with Crippen LogP contribution in [0.15, 0.2) is 53.1 Å². The van der Waals surface area contributed by atoms with E-state index in [1.54, 1.807) is 24.3 Å². The van der Waals surface area contributed by atoms with Gasteiger partial charge in [-0.2, -0.15) is 4.37 Å². The number of nitrogens with one attached hydrogen (secondary N) is 2. The monoisotopic (exact) mass is 420 g/mol. The molecule has 0 spiro atoms. The van der Waals surface area contributed by atoms with Crippen molar-refractivity contribution in [1.82, 2.24) is 14.8 Å². The van der Waals surface area contributed by atoms with Crippen molar-refractivity contribution >= 4 is 39.1 Å². The van der Waals surface area contributed by atoms with Crippen molar-refractivity contribution in [1.29, 1.82) is 0 Å². The van der Waals surface area contributed by atoms with E-state index < -0.39 is 0 Å². The zero-order valence-electron chi connectivity index (χ0n) is 16.6. The van der Waals surface area contributed by atoms with Crippen LogP contribution in [0.25, 0.3) is 10.1 Å². The molecule has 0 aliphatic rings. The van der Waals surface area contributed by atoms with Crippen LogP contribution in [-0.4, -0.2) is 27.9 Å². The number of rotatable bonds is 6. The number of aryl methyl sites for hydroxylation is 2. The molecule has 0 radical (unpaired) electrons. The molecule has 0 aliphatic carbocycles. The van der Waals surface area contributed by atoms with Crippen molar-refractivity contribution in [2.24, 2.45) is 0 Å². The molecule has 2 aromatic heterocycles. The number of carbonyl (C=O) groups is 2. The van der Waals surface area contributed by atoms with Gasteiger partial charge < -0.3 is 15.2 Å². The van der Waals surface area contributed by atoms with Gasteiger partial charge in [0.15, 0.2) is 0 Å². The van der Waals surface area contributed by atoms with Crippen LogP contribution in [0.5, 0.6) is 0 Å². The van der Waals surface area contributed by atoms with Crippen LogP contribution in [-0.2, 0) is 6.42 Å². The molecule has 0 fully saturated rings. The minimum Gasteiger partial charge on any atom is -0.361 e. The molecule has 2 heterocycles. The summed E-state index contributed by atoms with van der Waals surface area (Å²) in [6, 6.07) is 14.4. The molecule has 4 rings (SSSR count). The second-order valence-corrected chi connectivity index (χ2v) is 7.67. The summed E-state index contributed by atoms with van der Waals surface area (Å²) in [6.07, 6.45) is 0.655. The van der Waals surface area contributed by atoms with Crippen LogP contribution in [0.2, 0.25) is 0 Å². The lowest BCUT2D eigenvalue weighted by molar-refractivity contribution is 0.0953. The average Bonchev–Trinajstić information content (AvgIpc) is 3.32. The number of hydrogen-bond acceptors (Lipinski definition) is 6. The van der Waals surface area contributed by atoms with E-state index in [1.807, 2.05) is 38.1 Å². The van der Waals surface area contributed by atoms with E-state index in [0.717, 1.165) is 27.1 Å². The van der Waals surface area contributed by atoms with E-state index in [2.05, 4.69) is 20.2 Å². The first kappa shape index (κ1) is 19.8. The van der Waals surface area contributed by atoms with Gasteiger partial charge in [0.25, 0.3) is 11.8 Å². The van der Waals surface area contributed by atoms with E-state index in [-0.39, 0.29) is 11.8 Å². The maximum atomic E-state index is 12.6.